The van der Waals surface area contributed by atoms with Gasteiger partial charge in [0.2, 0.25) is 5.91 Å². The number of nitriles is 1. The Bertz CT molecular complexity index is 961. The van der Waals surface area contributed by atoms with E-state index in [0.29, 0.717) is 29.8 Å². The van der Waals surface area contributed by atoms with Gasteiger partial charge in [-0.05, 0) is 57.4 Å². The topological polar surface area (TPSA) is 126 Å². The number of aromatic nitrogens is 2. The van der Waals surface area contributed by atoms with Crippen LogP contribution in [0.15, 0.2) is 30.6 Å². The Morgan fingerprint density at radius 1 is 1.19 bits per heavy atom. The van der Waals surface area contributed by atoms with Crippen LogP contribution in [0.4, 0.5) is 10.5 Å². The molecule has 9 nitrogen and oxygen atoms in total. The molecule has 2 amide bonds. The Labute approximate surface area is 181 Å². The lowest BCUT2D eigenvalue weighted by molar-refractivity contribution is -0.118. The quantitative estimate of drug-likeness (QED) is 0.688. The first-order valence-electron chi connectivity index (χ1n) is 9.98. The fourth-order valence-electron chi connectivity index (χ4n) is 2.59. The van der Waals surface area contributed by atoms with Crippen molar-refractivity contribution in [1.82, 2.24) is 15.3 Å². The summed E-state index contributed by atoms with van der Waals surface area (Å²) >= 11 is 0. The molecule has 1 aromatic carbocycles. The average molecular weight is 425 g/mol. The summed E-state index contributed by atoms with van der Waals surface area (Å²) < 4.78 is 10.9. The number of nitrogens with zero attached hydrogens (tertiary/aromatic N) is 3. The minimum Gasteiger partial charge on any atom is -0.444 e. The third-order valence-electron chi connectivity index (χ3n) is 4.08. The number of carbonyl (C=O) groups excluding carboxylic acids is 2. The lowest BCUT2D eigenvalue weighted by atomic mass is 10.1. The summed E-state index contributed by atoms with van der Waals surface area (Å²) in [6.45, 7) is 8.97. The van der Waals surface area contributed by atoms with E-state index in [0.717, 1.165) is 5.56 Å². The Balaban J connectivity index is 2.01. The highest BCUT2D eigenvalue weighted by Crippen LogP contribution is 2.25. The maximum absolute atomic E-state index is 12.5. The second-order valence-corrected chi connectivity index (χ2v) is 7.74. The number of nitrogens with one attached hydrogen (secondary N) is 2. The highest BCUT2D eigenvalue weighted by Gasteiger charge is 2.23. The number of anilines is 1. The van der Waals surface area contributed by atoms with Crippen LogP contribution in [-0.4, -0.2) is 33.6 Å². The minimum atomic E-state index is -0.767. The third-order valence-corrected chi connectivity index (χ3v) is 4.08. The molecular formula is C22H27N5O4. The SMILES string of the molecule is CCc1cc(C#N)ccc1Oc1ncc(NC(=O)[C@@H](CC)NC(=O)OC(C)(C)C)cn1. The number of carbonyl (C=O) groups is 2. The van der Waals surface area contributed by atoms with Gasteiger partial charge < -0.3 is 20.1 Å². The monoisotopic (exact) mass is 425 g/mol. The van der Waals surface area contributed by atoms with Gasteiger partial charge in [0.15, 0.2) is 0 Å². The Morgan fingerprint density at radius 2 is 1.87 bits per heavy atom. The second kappa shape index (κ2) is 10.4. The van der Waals surface area contributed by atoms with Crippen LogP contribution in [0.5, 0.6) is 11.8 Å². The molecule has 9 heteroatoms. The summed E-state index contributed by atoms with van der Waals surface area (Å²) in [6.07, 6.45) is 3.22. The van der Waals surface area contributed by atoms with Gasteiger partial charge >= 0.3 is 12.1 Å². The molecular weight excluding hydrogens is 398 g/mol. The van der Waals surface area contributed by atoms with Crippen LogP contribution in [0.3, 0.4) is 0 Å². The highest BCUT2D eigenvalue weighted by atomic mass is 16.6. The molecule has 0 saturated carbocycles. The van der Waals surface area contributed by atoms with Gasteiger partial charge in [-0.15, -0.1) is 0 Å². The van der Waals surface area contributed by atoms with Gasteiger partial charge in [-0.2, -0.15) is 5.26 Å². The zero-order chi connectivity index (χ0) is 23.0. The maximum Gasteiger partial charge on any atom is 0.408 e. The Hall–Kier alpha value is -3.67. The molecule has 0 aliphatic carbocycles. The molecule has 0 radical (unpaired) electrons. The summed E-state index contributed by atoms with van der Waals surface area (Å²) in [7, 11) is 0. The molecule has 0 fully saturated rings. The van der Waals surface area contributed by atoms with Crippen molar-refractivity contribution >= 4 is 17.7 Å². The van der Waals surface area contributed by atoms with E-state index >= 15 is 0 Å². The molecule has 0 unspecified atom stereocenters. The van der Waals surface area contributed by atoms with Gasteiger partial charge in [-0.25, -0.2) is 14.8 Å². The van der Waals surface area contributed by atoms with Crippen LogP contribution >= 0.6 is 0 Å². The van der Waals surface area contributed by atoms with Gasteiger partial charge in [-0.1, -0.05) is 13.8 Å². The number of alkyl carbamates (subject to hydrolysis) is 1. The molecule has 0 bridgehead atoms. The van der Waals surface area contributed by atoms with Crippen molar-refractivity contribution in [3.8, 4) is 17.8 Å². The van der Waals surface area contributed by atoms with Gasteiger partial charge in [0.25, 0.3) is 0 Å². The lowest BCUT2D eigenvalue weighted by Crippen LogP contribution is -2.45. The fraction of sp³-hybridized carbons (Fsp3) is 0.409. The number of hydrogen-bond donors (Lipinski definition) is 2. The summed E-state index contributed by atoms with van der Waals surface area (Å²) in [5.41, 5.74) is 1.11. The number of aryl methyl sites for hydroxylation is 1. The van der Waals surface area contributed by atoms with Crippen molar-refractivity contribution < 1.29 is 19.1 Å². The van der Waals surface area contributed by atoms with Crippen LogP contribution in [0.2, 0.25) is 0 Å². The van der Waals surface area contributed by atoms with E-state index in [1.807, 2.05) is 6.92 Å². The normalized spacial score (nSPS) is 11.7. The predicted molar refractivity (Wildman–Crippen MR) is 115 cm³/mol. The molecule has 2 aromatic rings. The van der Waals surface area contributed by atoms with E-state index in [9.17, 15) is 9.59 Å². The van der Waals surface area contributed by atoms with Gasteiger partial charge in [0.1, 0.15) is 17.4 Å². The first kappa shape index (κ1) is 23.6. The molecule has 164 valence electrons. The molecule has 1 atom stereocenters. The fourth-order valence-corrected chi connectivity index (χ4v) is 2.59. The largest absolute Gasteiger partial charge is 0.444 e. The van der Waals surface area contributed by atoms with Crippen molar-refractivity contribution in [2.24, 2.45) is 0 Å². The van der Waals surface area contributed by atoms with E-state index in [1.165, 1.54) is 12.4 Å². The molecule has 1 aromatic heterocycles. The van der Waals surface area contributed by atoms with E-state index < -0.39 is 23.6 Å². The van der Waals surface area contributed by atoms with Crippen LogP contribution in [0.25, 0.3) is 0 Å². The minimum absolute atomic E-state index is 0.108. The van der Waals surface area contributed by atoms with E-state index in [2.05, 4.69) is 26.7 Å². The molecule has 1 heterocycles. The zero-order valence-corrected chi connectivity index (χ0v) is 18.4. The van der Waals surface area contributed by atoms with Crippen molar-refractivity contribution in [3.63, 3.8) is 0 Å². The standard InChI is InChI=1S/C22H27N5O4/c1-6-15-10-14(11-23)8-9-18(15)30-20-24-12-16(13-25-20)26-19(28)17(7-2)27-21(29)31-22(3,4)5/h8-10,12-13,17H,6-7H2,1-5H3,(H,26,28)(H,27,29)/t17-/m1/s1. The highest BCUT2D eigenvalue weighted by molar-refractivity contribution is 5.96. The maximum atomic E-state index is 12.5. The van der Waals surface area contributed by atoms with Crippen LogP contribution in [0, 0.1) is 11.3 Å². The van der Waals surface area contributed by atoms with Crippen LogP contribution in [-0.2, 0) is 16.0 Å². The van der Waals surface area contributed by atoms with Gasteiger partial charge in [0, 0.05) is 0 Å². The summed E-state index contributed by atoms with van der Waals surface area (Å²) in [6, 6.07) is 6.55. The molecule has 31 heavy (non-hydrogen) atoms. The number of ether oxygens (including phenoxy) is 2. The average Bonchev–Trinajstić information content (AvgIpc) is 2.72. The molecule has 0 saturated heterocycles. The Morgan fingerprint density at radius 3 is 2.42 bits per heavy atom. The first-order valence-corrected chi connectivity index (χ1v) is 9.98. The van der Waals surface area contributed by atoms with E-state index in [1.54, 1.807) is 45.9 Å². The summed E-state index contributed by atoms with van der Waals surface area (Å²) in [5.74, 6) is 0.150. The second-order valence-electron chi connectivity index (χ2n) is 7.74. The van der Waals surface area contributed by atoms with Crippen molar-refractivity contribution in [3.05, 3.63) is 41.7 Å². The number of rotatable bonds is 7. The molecule has 0 aliphatic rings. The number of benzene rings is 1. The van der Waals surface area contributed by atoms with Crippen LogP contribution in [0.1, 0.15) is 52.2 Å². The van der Waals surface area contributed by atoms with Crippen molar-refractivity contribution in [2.45, 2.75) is 59.1 Å². The Kier molecular flexibility index (Phi) is 7.91. The molecule has 2 N–H and O–H groups in total. The van der Waals surface area contributed by atoms with Crippen molar-refractivity contribution in [2.75, 3.05) is 5.32 Å². The van der Waals surface area contributed by atoms with Crippen molar-refractivity contribution in [1.29, 1.82) is 5.26 Å². The molecule has 2 rings (SSSR count). The lowest BCUT2D eigenvalue weighted by Gasteiger charge is -2.22. The van der Waals surface area contributed by atoms with E-state index in [-0.39, 0.29) is 6.01 Å². The van der Waals surface area contributed by atoms with Crippen LogP contribution < -0.4 is 15.4 Å². The summed E-state index contributed by atoms with van der Waals surface area (Å²) in [4.78, 5) is 32.6. The van der Waals surface area contributed by atoms with E-state index in [4.69, 9.17) is 14.7 Å². The smallest absolute Gasteiger partial charge is 0.408 e. The van der Waals surface area contributed by atoms with Gasteiger partial charge in [0.05, 0.1) is 29.7 Å². The molecule has 0 spiro atoms. The predicted octanol–water partition coefficient (Wildman–Crippen LogP) is 3.94. The number of amides is 2. The first-order chi connectivity index (χ1) is 14.6. The summed E-state index contributed by atoms with van der Waals surface area (Å²) in [5, 5.41) is 14.2. The molecule has 0 aliphatic heterocycles. The number of hydrogen-bond acceptors (Lipinski definition) is 7. The van der Waals surface area contributed by atoms with Gasteiger partial charge in [-0.3, -0.25) is 4.79 Å². The third kappa shape index (κ3) is 7.26. The zero-order valence-electron chi connectivity index (χ0n) is 18.4.